The van der Waals surface area contributed by atoms with Crippen molar-refractivity contribution in [1.82, 2.24) is 4.98 Å². The van der Waals surface area contributed by atoms with Crippen LogP contribution >= 0.6 is 22.7 Å². The Labute approximate surface area is 97.8 Å². The van der Waals surface area contributed by atoms with Crippen molar-refractivity contribution in [1.29, 1.82) is 0 Å². The van der Waals surface area contributed by atoms with Crippen LogP contribution in [0.25, 0.3) is 9.88 Å². The lowest BCUT2D eigenvalue weighted by molar-refractivity contribution is 0.834. The molecular weight excluding hydrogens is 224 g/mol. The van der Waals surface area contributed by atoms with Crippen LogP contribution in [0.4, 0.5) is 0 Å². The summed E-state index contributed by atoms with van der Waals surface area (Å²) in [6, 6.07) is 4.19. The Bertz CT molecular complexity index is 443. The number of nitrogens with zero attached hydrogens (tertiary/aromatic N) is 1. The summed E-state index contributed by atoms with van der Waals surface area (Å²) in [6.07, 6.45) is 0. The first-order valence-corrected chi connectivity index (χ1v) is 6.65. The standard InChI is InChI=1S/C11H14N2S2/c1-7(2)9-6-14-11(13-9)10-4-3-8(5-12)15-10/h3-4,6-7H,5,12H2,1-2H3. The fourth-order valence-electron chi connectivity index (χ4n) is 1.27. The minimum atomic E-state index is 0.504. The first-order chi connectivity index (χ1) is 7.20. The minimum absolute atomic E-state index is 0.504. The van der Waals surface area contributed by atoms with Crippen molar-refractivity contribution in [3.8, 4) is 9.88 Å². The summed E-state index contributed by atoms with van der Waals surface area (Å²) < 4.78 is 0. The molecule has 0 aliphatic rings. The zero-order chi connectivity index (χ0) is 10.8. The van der Waals surface area contributed by atoms with E-state index in [9.17, 15) is 0 Å². The maximum absolute atomic E-state index is 5.59. The van der Waals surface area contributed by atoms with Crippen LogP contribution in [0.15, 0.2) is 17.5 Å². The smallest absolute Gasteiger partial charge is 0.133 e. The van der Waals surface area contributed by atoms with Crippen molar-refractivity contribution in [3.05, 3.63) is 28.1 Å². The Kier molecular flexibility index (Phi) is 3.19. The summed E-state index contributed by atoms with van der Waals surface area (Å²) in [4.78, 5) is 7.06. The summed E-state index contributed by atoms with van der Waals surface area (Å²) in [6.45, 7) is 4.95. The van der Waals surface area contributed by atoms with E-state index in [0.717, 1.165) is 5.01 Å². The van der Waals surface area contributed by atoms with Gasteiger partial charge in [-0.1, -0.05) is 13.8 Å². The third-order valence-corrected chi connectivity index (χ3v) is 4.32. The van der Waals surface area contributed by atoms with E-state index in [1.54, 1.807) is 22.7 Å². The maximum Gasteiger partial charge on any atom is 0.133 e. The Balaban J connectivity index is 2.28. The van der Waals surface area contributed by atoms with Crippen LogP contribution in [-0.2, 0) is 6.54 Å². The van der Waals surface area contributed by atoms with Crippen LogP contribution in [0.2, 0.25) is 0 Å². The van der Waals surface area contributed by atoms with Crippen LogP contribution in [0, 0.1) is 0 Å². The molecule has 0 radical (unpaired) electrons. The molecule has 0 bridgehead atoms. The Morgan fingerprint density at radius 2 is 2.20 bits per heavy atom. The van der Waals surface area contributed by atoms with Gasteiger partial charge in [0.1, 0.15) is 5.01 Å². The minimum Gasteiger partial charge on any atom is -0.326 e. The lowest BCUT2D eigenvalue weighted by Crippen LogP contribution is -1.91. The summed E-state index contributed by atoms with van der Waals surface area (Å²) in [7, 11) is 0. The SMILES string of the molecule is CC(C)c1csc(-c2ccc(CN)s2)n1. The van der Waals surface area contributed by atoms with Crippen molar-refractivity contribution < 1.29 is 0 Å². The molecule has 80 valence electrons. The highest BCUT2D eigenvalue weighted by atomic mass is 32.1. The van der Waals surface area contributed by atoms with Crippen molar-refractivity contribution in [2.75, 3.05) is 0 Å². The first-order valence-electron chi connectivity index (χ1n) is 4.95. The second-order valence-electron chi connectivity index (χ2n) is 3.70. The van der Waals surface area contributed by atoms with Gasteiger partial charge in [0.15, 0.2) is 0 Å². The molecular formula is C11H14N2S2. The van der Waals surface area contributed by atoms with E-state index in [1.165, 1.54) is 15.4 Å². The highest BCUT2D eigenvalue weighted by Gasteiger charge is 2.09. The quantitative estimate of drug-likeness (QED) is 0.889. The molecule has 2 heterocycles. The monoisotopic (exact) mass is 238 g/mol. The van der Waals surface area contributed by atoms with Crippen LogP contribution < -0.4 is 5.73 Å². The van der Waals surface area contributed by atoms with Gasteiger partial charge in [-0.3, -0.25) is 0 Å². The first kappa shape index (κ1) is 10.8. The summed E-state index contributed by atoms with van der Waals surface area (Å²) in [5, 5.41) is 3.25. The van der Waals surface area contributed by atoms with Crippen LogP contribution in [0.5, 0.6) is 0 Å². The molecule has 4 heteroatoms. The molecule has 2 nitrogen and oxygen atoms in total. The van der Waals surface area contributed by atoms with Gasteiger partial charge in [0, 0.05) is 16.8 Å². The molecule has 0 amide bonds. The van der Waals surface area contributed by atoms with Crippen molar-refractivity contribution in [2.45, 2.75) is 26.3 Å². The number of thiazole rings is 1. The van der Waals surface area contributed by atoms with E-state index in [1.807, 2.05) is 0 Å². The maximum atomic E-state index is 5.59. The Hall–Kier alpha value is -0.710. The van der Waals surface area contributed by atoms with E-state index in [4.69, 9.17) is 5.73 Å². The largest absolute Gasteiger partial charge is 0.326 e. The third kappa shape index (κ3) is 2.27. The van der Waals surface area contributed by atoms with Gasteiger partial charge < -0.3 is 5.73 Å². The molecule has 2 N–H and O–H groups in total. The van der Waals surface area contributed by atoms with E-state index < -0.39 is 0 Å². The zero-order valence-electron chi connectivity index (χ0n) is 8.86. The van der Waals surface area contributed by atoms with Crippen LogP contribution in [-0.4, -0.2) is 4.98 Å². The van der Waals surface area contributed by atoms with E-state index in [2.05, 4.69) is 36.3 Å². The van der Waals surface area contributed by atoms with Crippen LogP contribution in [0.1, 0.15) is 30.3 Å². The van der Waals surface area contributed by atoms with E-state index in [-0.39, 0.29) is 0 Å². The number of hydrogen-bond donors (Lipinski definition) is 1. The summed E-state index contributed by atoms with van der Waals surface area (Å²) in [5.41, 5.74) is 6.77. The second-order valence-corrected chi connectivity index (χ2v) is 5.73. The average molecular weight is 238 g/mol. The average Bonchev–Trinajstić information content (AvgIpc) is 2.86. The van der Waals surface area contributed by atoms with Gasteiger partial charge in [0.05, 0.1) is 10.6 Å². The fraction of sp³-hybridized carbons (Fsp3) is 0.364. The molecule has 2 rings (SSSR count). The van der Waals surface area contributed by atoms with Gasteiger partial charge in [-0.25, -0.2) is 4.98 Å². The predicted molar refractivity (Wildman–Crippen MR) is 67.4 cm³/mol. The van der Waals surface area contributed by atoms with Gasteiger partial charge in [-0.05, 0) is 18.1 Å². The zero-order valence-corrected chi connectivity index (χ0v) is 10.5. The molecule has 0 aliphatic heterocycles. The molecule has 0 saturated carbocycles. The normalized spacial score (nSPS) is 11.2. The van der Waals surface area contributed by atoms with Crippen LogP contribution in [0.3, 0.4) is 0 Å². The lowest BCUT2D eigenvalue weighted by Gasteiger charge is -1.96. The number of aromatic nitrogens is 1. The Morgan fingerprint density at radius 3 is 2.73 bits per heavy atom. The number of thiophene rings is 1. The lowest BCUT2D eigenvalue weighted by atomic mass is 10.2. The molecule has 0 unspecified atom stereocenters. The Morgan fingerprint density at radius 1 is 1.40 bits per heavy atom. The molecule has 0 aromatic carbocycles. The fourth-order valence-corrected chi connectivity index (χ4v) is 3.21. The second kappa shape index (κ2) is 4.43. The van der Waals surface area contributed by atoms with Gasteiger partial charge in [-0.15, -0.1) is 22.7 Å². The van der Waals surface area contributed by atoms with E-state index >= 15 is 0 Å². The molecule has 0 atom stereocenters. The highest BCUT2D eigenvalue weighted by Crippen LogP contribution is 2.31. The van der Waals surface area contributed by atoms with Crippen molar-refractivity contribution in [3.63, 3.8) is 0 Å². The van der Waals surface area contributed by atoms with Crippen molar-refractivity contribution >= 4 is 22.7 Å². The molecule has 2 aromatic rings. The van der Waals surface area contributed by atoms with Gasteiger partial charge in [0.2, 0.25) is 0 Å². The van der Waals surface area contributed by atoms with Gasteiger partial charge >= 0.3 is 0 Å². The van der Waals surface area contributed by atoms with Gasteiger partial charge in [-0.2, -0.15) is 0 Å². The topological polar surface area (TPSA) is 38.9 Å². The third-order valence-electron chi connectivity index (χ3n) is 2.19. The summed E-state index contributed by atoms with van der Waals surface area (Å²) in [5.74, 6) is 0.504. The molecule has 0 saturated heterocycles. The molecule has 0 fully saturated rings. The molecule has 0 aliphatic carbocycles. The summed E-state index contributed by atoms with van der Waals surface area (Å²) >= 11 is 3.45. The predicted octanol–water partition coefficient (Wildman–Crippen LogP) is 3.45. The number of nitrogens with two attached hydrogens (primary N) is 1. The van der Waals surface area contributed by atoms with Gasteiger partial charge in [0.25, 0.3) is 0 Å². The highest BCUT2D eigenvalue weighted by molar-refractivity contribution is 7.21. The molecule has 0 spiro atoms. The number of rotatable bonds is 3. The molecule has 2 aromatic heterocycles. The van der Waals surface area contributed by atoms with E-state index in [0.29, 0.717) is 12.5 Å². The van der Waals surface area contributed by atoms with Crippen molar-refractivity contribution in [2.24, 2.45) is 5.73 Å². The molecule has 15 heavy (non-hydrogen) atoms. The number of hydrogen-bond acceptors (Lipinski definition) is 4.